The van der Waals surface area contributed by atoms with Gasteiger partial charge in [-0.1, -0.05) is 18.2 Å². The molecule has 1 aromatic rings. The molecule has 2 aliphatic rings. The van der Waals surface area contributed by atoms with E-state index in [2.05, 4.69) is 24.2 Å². The van der Waals surface area contributed by atoms with Gasteiger partial charge in [-0.3, -0.25) is 0 Å². The molecular formula is C15H22N2O2S. The molecule has 20 heavy (non-hydrogen) atoms. The predicted octanol–water partition coefficient (Wildman–Crippen LogP) is 1.59. The maximum atomic E-state index is 12.2. The van der Waals surface area contributed by atoms with Crippen LogP contribution in [0.3, 0.4) is 0 Å². The molecule has 0 spiro atoms. The van der Waals surface area contributed by atoms with Crippen LogP contribution in [-0.4, -0.2) is 44.7 Å². The molecule has 1 aromatic carbocycles. The lowest BCUT2D eigenvalue weighted by molar-refractivity contribution is 0.164. The Bertz CT molecular complexity index is 600. The standard InChI is InChI=1S/C15H22N2O2S/c1-11-9-12(7-8-17(11)2)16-14-10-20(18,19)15-6-4-3-5-13(14)15/h3-6,11-12,14,16H,7-10H2,1-2H3. The summed E-state index contributed by atoms with van der Waals surface area (Å²) in [5.41, 5.74) is 0.944. The van der Waals surface area contributed by atoms with Gasteiger partial charge in [0.2, 0.25) is 0 Å². The lowest BCUT2D eigenvalue weighted by Crippen LogP contribution is -2.46. The van der Waals surface area contributed by atoms with E-state index < -0.39 is 9.84 Å². The maximum Gasteiger partial charge on any atom is 0.180 e. The lowest BCUT2D eigenvalue weighted by atomic mass is 9.97. The van der Waals surface area contributed by atoms with E-state index in [0.717, 1.165) is 24.9 Å². The minimum absolute atomic E-state index is 0.0446. The van der Waals surface area contributed by atoms with Crippen LogP contribution in [0.2, 0.25) is 0 Å². The van der Waals surface area contributed by atoms with Crippen LogP contribution in [0.5, 0.6) is 0 Å². The van der Waals surface area contributed by atoms with Gasteiger partial charge in [-0.25, -0.2) is 8.42 Å². The van der Waals surface area contributed by atoms with Crippen molar-refractivity contribution in [2.75, 3.05) is 19.3 Å². The number of piperidine rings is 1. The van der Waals surface area contributed by atoms with Crippen LogP contribution in [0.15, 0.2) is 29.2 Å². The normalized spacial score (nSPS) is 33.0. The van der Waals surface area contributed by atoms with Crippen molar-refractivity contribution in [2.24, 2.45) is 0 Å². The molecule has 3 rings (SSSR count). The van der Waals surface area contributed by atoms with Crippen LogP contribution in [0.25, 0.3) is 0 Å². The van der Waals surface area contributed by atoms with Gasteiger partial charge in [0.15, 0.2) is 9.84 Å². The van der Waals surface area contributed by atoms with Gasteiger partial charge in [-0.2, -0.15) is 0 Å². The SMILES string of the molecule is CC1CC(NC2CS(=O)(=O)c3ccccc32)CCN1C. The van der Waals surface area contributed by atoms with Gasteiger partial charge in [0.25, 0.3) is 0 Å². The van der Waals surface area contributed by atoms with E-state index >= 15 is 0 Å². The van der Waals surface area contributed by atoms with Gasteiger partial charge >= 0.3 is 0 Å². The molecule has 2 aliphatic heterocycles. The lowest BCUT2D eigenvalue weighted by Gasteiger charge is -2.36. The van der Waals surface area contributed by atoms with Crippen molar-refractivity contribution in [1.82, 2.24) is 10.2 Å². The number of hydrogen-bond donors (Lipinski definition) is 1. The van der Waals surface area contributed by atoms with Gasteiger partial charge in [0.05, 0.1) is 10.6 Å². The highest BCUT2D eigenvalue weighted by molar-refractivity contribution is 7.91. The fourth-order valence-corrected chi connectivity index (χ4v) is 5.06. The van der Waals surface area contributed by atoms with Crippen LogP contribution in [-0.2, 0) is 9.84 Å². The molecule has 0 aromatic heterocycles. The fraction of sp³-hybridized carbons (Fsp3) is 0.600. The zero-order chi connectivity index (χ0) is 14.3. The van der Waals surface area contributed by atoms with E-state index in [1.807, 2.05) is 12.1 Å². The maximum absolute atomic E-state index is 12.2. The first-order valence-corrected chi connectivity index (χ1v) is 8.90. The number of nitrogens with zero attached hydrogens (tertiary/aromatic N) is 1. The van der Waals surface area contributed by atoms with Crippen molar-refractivity contribution in [3.63, 3.8) is 0 Å². The third-order valence-corrected chi connectivity index (χ3v) is 6.47. The van der Waals surface area contributed by atoms with Crippen molar-refractivity contribution in [3.05, 3.63) is 29.8 Å². The number of rotatable bonds is 2. The van der Waals surface area contributed by atoms with Gasteiger partial charge in [-0.05, 0) is 45.0 Å². The second-order valence-electron chi connectivity index (χ2n) is 6.09. The smallest absolute Gasteiger partial charge is 0.180 e. The first-order valence-electron chi connectivity index (χ1n) is 7.25. The second kappa shape index (κ2) is 5.13. The van der Waals surface area contributed by atoms with Crippen molar-refractivity contribution in [3.8, 4) is 0 Å². The topological polar surface area (TPSA) is 49.4 Å². The highest BCUT2D eigenvalue weighted by Crippen LogP contribution is 2.34. The Morgan fingerprint density at radius 2 is 2.05 bits per heavy atom. The van der Waals surface area contributed by atoms with Crippen molar-refractivity contribution < 1.29 is 8.42 Å². The third-order valence-electron chi connectivity index (χ3n) is 4.66. The Balaban J connectivity index is 1.77. The number of fused-ring (bicyclic) bond motifs is 1. The van der Waals surface area contributed by atoms with Crippen LogP contribution < -0.4 is 5.32 Å². The molecule has 1 fully saturated rings. The molecule has 0 bridgehead atoms. The summed E-state index contributed by atoms with van der Waals surface area (Å²) in [4.78, 5) is 2.87. The highest BCUT2D eigenvalue weighted by Gasteiger charge is 2.36. The van der Waals surface area contributed by atoms with Crippen LogP contribution in [0.4, 0.5) is 0 Å². The summed E-state index contributed by atoms with van der Waals surface area (Å²) in [5, 5.41) is 3.57. The van der Waals surface area contributed by atoms with Gasteiger partial charge in [0.1, 0.15) is 0 Å². The third kappa shape index (κ3) is 2.50. The monoisotopic (exact) mass is 294 g/mol. The molecule has 0 saturated carbocycles. The largest absolute Gasteiger partial charge is 0.306 e. The molecule has 5 heteroatoms. The Hall–Kier alpha value is -0.910. The number of benzene rings is 1. The number of nitrogens with one attached hydrogen (secondary N) is 1. The second-order valence-corrected chi connectivity index (χ2v) is 8.09. The van der Waals surface area contributed by atoms with E-state index in [4.69, 9.17) is 0 Å². The Morgan fingerprint density at radius 1 is 1.30 bits per heavy atom. The van der Waals surface area contributed by atoms with E-state index in [-0.39, 0.29) is 11.8 Å². The summed E-state index contributed by atoms with van der Waals surface area (Å²) >= 11 is 0. The summed E-state index contributed by atoms with van der Waals surface area (Å²) in [6.07, 6.45) is 2.16. The van der Waals surface area contributed by atoms with Crippen LogP contribution >= 0.6 is 0 Å². The number of likely N-dealkylation sites (tertiary alicyclic amines) is 1. The minimum atomic E-state index is -3.10. The molecule has 1 N–H and O–H groups in total. The average molecular weight is 294 g/mol. The van der Waals surface area contributed by atoms with E-state index in [1.54, 1.807) is 12.1 Å². The first-order chi connectivity index (χ1) is 9.47. The fourth-order valence-electron chi connectivity index (χ4n) is 3.31. The quantitative estimate of drug-likeness (QED) is 0.900. The summed E-state index contributed by atoms with van der Waals surface area (Å²) in [5.74, 6) is 0.201. The summed E-state index contributed by atoms with van der Waals surface area (Å²) < 4.78 is 24.3. The average Bonchev–Trinajstić information content (AvgIpc) is 2.66. The molecule has 2 heterocycles. The molecule has 0 radical (unpaired) electrons. The zero-order valence-electron chi connectivity index (χ0n) is 12.0. The Morgan fingerprint density at radius 3 is 2.80 bits per heavy atom. The zero-order valence-corrected chi connectivity index (χ0v) is 12.9. The molecule has 3 unspecified atom stereocenters. The van der Waals surface area contributed by atoms with Crippen LogP contribution in [0, 0.1) is 0 Å². The first kappa shape index (κ1) is 14.0. The van der Waals surface area contributed by atoms with Gasteiger partial charge in [0, 0.05) is 18.1 Å². The highest BCUT2D eigenvalue weighted by atomic mass is 32.2. The van der Waals surface area contributed by atoms with Crippen molar-refractivity contribution in [2.45, 2.75) is 42.8 Å². The molecule has 0 aliphatic carbocycles. The molecule has 4 nitrogen and oxygen atoms in total. The number of hydrogen-bond acceptors (Lipinski definition) is 4. The predicted molar refractivity (Wildman–Crippen MR) is 79.5 cm³/mol. The summed E-state index contributed by atoms with van der Waals surface area (Å²) in [7, 11) is -0.954. The summed E-state index contributed by atoms with van der Waals surface area (Å²) in [6, 6.07) is 8.31. The Kier molecular flexibility index (Phi) is 3.60. The molecule has 3 atom stereocenters. The molecular weight excluding hydrogens is 272 g/mol. The summed E-state index contributed by atoms with van der Waals surface area (Å²) in [6.45, 7) is 3.30. The Labute approximate surface area is 121 Å². The molecule has 1 saturated heterocycles. The van der Waals surface area contributed by atoms with E-state index in [9.17, 15) is 8.42 Å². The van der Waals surface area contributed by atoms with Crippen LogP contribution in [0.1, 0.15) is 31.4 Å². The van der Waals surface area contributed by atoms with E-state index in [0.29, 0.717) is 17.0 Å². The van der Waals surface area contributed by atoms with Crippen molar-refractivity contribution >= 4 is 9.84 Å². The minimum Gasteiger partial charge on any atom is -0.306 e. The molecule has 110 valence electrons. The van der Waals surface area contributed by atoms with Crippen molar-refractivity contribution in [1.29, 1.82) is 0 Å². The van der Waals surface area contributed by atoms with Gasteiger partial charge < -0.3 is 10.2 Å². The molecule has 0 amide bonds. The van der Waals surface area contributed by atoms with Gasteiger partial charge in [-0.15, -0.1) is 0 Å². The number of sulfone groups is 1. The van der Waals surface area contributed by atoms with E-state index in [1.165, 1.54) is 0 Å².